The fourth-order valence-corrected chi connectivity index (χ4v) is 4.31. The summed E-state index contributed by atoms with van der Waals surface area (Å²) in [6.45, 7) is 3.95. The summed E-state index contributed by atoms with van der Waals surface area (Å²) in [6.07, 6.45) is 0.610. The van der Waals surface area contributed by atoms with Crippen molar-refractivity contribution in [3.63, 3.8) is 0 Å². The van der Waals surface area contributed by atoms with E-state index in [4.69, 9.17) is 16.3 Å². The van der Waals surface area contributed by atoms with Crippen molar-refractivity contribution in [1.29, 1.82) is 0 Å². The zero-order valence-electron chi connectivity index (χ0n) is 17.5. The predicted molar refractivity (Wildman–Crippen MR) is 119 cm³/mol. The summed E-state index contributed by atoms with van der Waals surface area (Å²) in [7, 11) is 0. The molecule has 1 amide bonds. The van der Waals surface area contributed by atoms with Gasteiger partial charge >= 0.3 is 0 Å². The van der Waals surface area contributed by atoms with Crippen LogP contribution in [0, 0.1) is 5.82 Å². The molecule has 4 rings (SSSR count). The molecule has 2 aromatic carbocycles. The van der Waals surface area contributed by atoms with Gasteiger partial charge in [-0.1, -0.05) is 29.8 Å². The Labute approximate surface area is 190 Å². The largest absolute Gasteiger partial charge is 0.507 e. The fraction of sp³-hybridized carbons (Fsp3) is 0.333. The van der Waals surface area contributed by atoms with Crippen LogP contribution in [0.1, 0.15) is 23.6 Å². The van der Waals surface area contributed by atoms with Crippen LogP contribution >= 0.6 is 11.6 Å². The Bertz CT molecular complexity index is 1030. The van der Waals surface area contributed by atoms with Crippen LogP contribution in [0.3, 0.4) is 0 Å². The van der Waals surface area contributed by atoms with Gasteiger partial charge in [0.2, 0.25) is 0 Å². The van der Waals surface area contributed by atoms with E-state index in [0.29, 0.717) is 30.2 Å². The van der Waals surface area contributed by atoms with E-state index >= 15 is 0 Å². The highest BCUT2D eigenvalue weighted by molar-refractivity contribution is 6.46. The molecule has 0 saturated carbocycles. The van der Waals surface area contributed by atoms with E-state index in [0.717, 1.165) is 19.6 Å². The number of ether oxygens (including phenoxy) is 1. The number of Topliss-reactive ketones (excluding diaryl/α,β-unsaturated/α-hetero) is 1. The Morgan fingerprint density at radius 1 is 1.06 bits per heavy atom. The first-order chi connectivity index (χ1) is 15.5. The third-order valence-electron chi connectivity index (χ3n) is 5.83. The zero-order valence-corrected chi connectivity index (χ0v) is 18.2. The highest BCUT2D eigenvalue weighted by Gasteiger charge is 2.46. The first-order valence-corrected chi connectivity index (χ1v) is 10.9. The Kier molecular flexibility index (Phi) is 6.89. The standard InChI is InChI=1S/C24H24ClFN2O4/c25-17-8-6-16(7-9-17)22(29)20-21(18-4-1-2-5-19(18)26)28(24(31)23(20)30)11-3-10-27-12-14-32-15-13-27/h1-2,4-9,21,29H,3,10-15H2. The molecule has 1 atom stereocenters. The highest BCUT2D eigenvalue weighted by Crippen LogP contribution is 2.40. The number of carbonyl (C=O) groups is 2. The SMILES string of the molecule is O=C1C(=O)N(CCCN2CCOCC2)C(c2ccccc2F)C1=C(O)c1ccc(Cl)cc1. The molecule has 2 aliphatic heterocycles. The first kappa shape index (κ1) is 22.5. The van der Waals surface area contributed by atoms with Gasteiger partial charge in [0.25, 0.3) is 11.7 Å². The number of rotatable bonds is 6. The monoisotopic (exact) mass is 458 g/mol. The number of nitrogens with zero attached hydrogens (tertiary/aromatic N) is 2. The predicted octanol–water partition coefficient (Wildman–Crippen LogP) is 3.62. The van der Waals surface area contributed by atoms with Gasteiger partial charge in [-0.25, -0.2) is 4.39 Å². The number of morpholine rings is 1. The van der Waals surface area contributed by atoms with Gasteiger partial charge in [0.1, 0.15) is 11.6 Å². The number of ketones is 1. The molecule has 1 unspecified atom stereocenters. The highest BCUT2D eigenvalue weighted by atomic mass is 35.5. The number of halogens is 2. The minimum Gasteiger partial charge on any atom is -0.507 e. The molecule has 0 aliphatic carbocycles. The van der Waals surface area contributed by atoms with Crippen LogP contribution in [0.4, 0.5) is 4.39 Å². The van der Waals surface area contributed by atoms with Gasteiger partial charge in [0, 0.05) is 42.3 Å². The molecule has 2 aliphatic rings. The minimum atomic E-state index is -1.00. The van der Waals surface area contributed by atoms with Crippen LogP contribution in [0.25, 0.3) is 5.76 Å². The third kappa shape index (κ3) is 4.55. The molecule has 32 heavy (non-hydrogen) atoms. The van der Waals surface area contributed by atoms with Crippen molar-refractivity contribution in [2.45, 2.75) is 12.5 Å². The van der Waals surface area contributed by atoms with Crippen molar-refractivity contribution < 1.29 is 23.8 Å². The molecule has 0 aromatic heterocycles. The third-order valence-corrected chi connectivity index (χ3v) is 6.09. The maximum Gasteiger partial charge on any atom is 0.295 e. The van der Waals surface area contributed by atoms with Gasteiger partial charge < -0.3 is 14.7 Å². The summed E-state index contributed by atoms with van der Waals surface area (Å²) in [6, 6.07) is 11.3. The Balaban J connectivity index is 1.68. The lowest BCUT2D eigenvalue weighted by molar-refractivity contribution is -0.140. The molecule has 0 bridgehead atoms. The van der Waals surface area contributed by atoms with Crippen LogP contribution < -0.4 is 0 Å². The number of hydrogen-bond donors (Lipinski definition) is 1. The Hall–Kier alpha value is -2.74. The average molecular weight is 459 g/mol. The second-order valence-corrected chi connectivity index (χ2v) is 8.26. The van der Waals surface area contributed by atoms with Gasteiger partial charge in [0.05, 0.1) is 24.8 Å². The molecule has 8 heteroatoms. The number of hydrogen-bond acceptors (Lipinski definition) is 5. The zero-order chi connectivity index (χ0) is 22.7. The van der Waals surface area contributed by atoms with E-state index in [9.17, 15) is 19.1 Å². The molecule has 2 heterocycles. The van der Waals surface area contributed by atoms with E-state index in [1.165, 1.54) is 17.0 Å². The van der Waals surface area contributed by atoms with E-state index in [1.54, 1.807) is 36.4 Å². The summed E-state index contributed by atoms with van der Waals surface area (Å²) in [4.78, 5) is 29.5. The summed E-state index contributed by atoms with van der Waals surface area (Å²) < 4.78 is 20.1. The van der Waals surface area contributed by atoms with Crippen molar-refractivity contribution in [1.82, 2.24) is 9.80 Å². The topological polar surface area (TPSA) is 70.1 Å². The number of carbonyl (C=O) groups excluding carboxylic acids is 2. The van der Waals surface area contributed by atoms with Crippen molar-refractivity contribution in [2.75, 3.05) is 39.4 Å². The van der Waals surface area contributed by atoms with E-state index in [1.807, 2.05) is 0 Å². The van der Waals surface area contributed by atoms with Crippen molar-refractivity contribution >= 4 is 29.1 Å². The molecular weight excluding hydrogens is 435 g/mol. The number of aliphatic hydroxyl groups is 1. The molecule has 2 aromatic rings. The van der Waals surface area contributed by atoms with Crippen LogP contribution in [0.5, 0.6) is 0 Å². The van der Waals surface area contributed by atoms with Crippen LogP contribution in [0.2, 0.25) is 5.02 Å². The minimum absolute atomic E-state index is 0.117. The van der Waals surface area contributed by atoms with Gasteiger partial charge in [-0.15, -0.1) is 0 Å². The van der Waals surface area contributed by atoms with Crippen LogP contribution in [0.15, 0.2) is 54.1 Å². The van der Waals surface area contributed by atoms with Crippen molar-refractivity contribution in [3.8, 4) is 0 Å². The average Bonchev–Trinajstić information content (AvgIpc) is 3.05. The second kappa shape index (κ2) is 9.81. The van der Waals surface area contributed by atoms with E-state index < -0.39 is 23.5 Å². The lowest BCUT2D eigenvalue weighted by Crippen LogP contribution is -2.39. The van der Waals surface area contributed by atoms with Gasteiger partial charge in [-0.3, -0.25) is 14.5 Å². The lowest BCUT2D eigenvalue weighted by atomic mass is 9.95. The summed E-state index contributed by atoms with van der Waals surface area (Å²) >= 11 is 5.93. The molecule has 6 nitrogen and oxygen atoms in total. The first-order valence-electron chi connectivity index (χ1n) is 10.6. The quantitative estimate of drug-likeness (QED) is 0.407. The number of aliphatic hydroxyl groups excluding tert-OH is 1. The number of amides is 1. The maximum absolute atomic E-state index is 14.8. The van der Waals surface area contributed by atoms with E-state index in [-0.39, 0.29) is 23.4 Å². The summed E-state index contributed by atoms with van der Waals surface area (Å²) in [5, 5.41) is 11.4. The summed E-state index contributed by atoms with van der Waals surface area (Å²) in [5.41, 5.74) is 0.393. The Morgan fingerprint density at radius 2 is 1.75 bits per heavy atom. The second-order valence-electron chi connectivity index (χ2n) is 7.83. The van der Waals surface area contributed by atoms with Gasteiger partial charge in [-0.05, 0) is 36.8 Å². The molecular formula is C24H24ClFN2O4. The molecule has 1 N–H and O–H groups in total. The van der Waals surface area contributed by atoms with E-state index in [2.05, 4.69) is 4.90 Å². The molecule has 2 fully saturated rings. The molecule has 0 spiro atoms. The molecule has 2 saturated heterocycles. The lowest BCUT2D eigenvalue weighted by Gasteiger charge is -2.29. The van der Waals surface area contributed by atoms with Crippen LogP contribution in [-0.4, -0.2) is 66.0 Å². The van der Waals surface area contributed by atoms with Gasteiger partial charge in [0.15, 0.2) is 0 Å². The van der Waals surface area contributed by atoms with Crippen molar-refractivity contribution in [3.05, 3.63) is 76.1 Å². The number of likely N-dealkylation sites (tertiary alicyclic amines) is 1. The van der Waals surface area contributed by atoms with Gasteiger partial charge in [-0.2, -0.15) is 0 Å². The van der Waals surface area contributed by atoms with Crippen LogP contribution in [-0.2, 0) is 14.3 Å². The fourth-order valence-electron chi connectivity index (χ4n) is 4.18. The summed E-state index contributed by atoms with van der Waals surface area (Å²) in [5.74, 6) is -2.45. The smallest absolute Gasteiger partial charge is 0.295 e. The normalized spacial score (nSPS) is 21.3. The number of benzene rings is 2. The molecule has 168 valence electrons. The molecule has 0 radical (unpaired) electrons. The maximum atomic E-state index is 14.8. The van der Waals surface area contributed by atoms with Crippen molar-refractivity contribution in [2.24, 2.45) is 0 Å². The Morgan fingerprint density at radius 3 is 2.44 bits per heavy atom.